The summed E-state index contributed by atoms with van der Waals surface area (Å²) >= 11 is 0. The smallest absolute Gasteiger partial charge is 0.321 e. The number of pyridine rings is 1. The van der Waals surface area contributed by atoms with Crippen molar-refractivity contribution in [2.75, 3.05) is 5.32 Å². The maximum Gasteiger partial charge on any atom is 0.321 e. The fourth-order valence-corrected chi connectivity index (χ4v) is 2.10. The van der Waals surface area contributed by atoms with Gasteiger partial charge in [0, 0.05) is 24.0 Å². The van der Waals surface area contributed by atoms with Crippen molar-refractivity contribution in [1.29, 1.82) is 0 Å². The Kier molecular flexibility index (Phi) is 3.94. The number of amides is 2. The second-order valence-corrected chi connectivity index (χ2v) is 4.92. The summed E-state index contributed by atoms with van der Waals surface area (Å²) in [6, 6.07) is 12.9. The summed E-state index contributed by atoms with van der Waals surface area (Å²) in [7, 11) is 0. The molecule has 120 valence electrons. The highest BCUT2D eigenvalue weighted by Gasteiger charge is 2.15. The Hall–Kier alpha value is -3.68. The molecule has 0 unspecified atom stereocenters. The third-order valence-electron chi connectivity index (χ3n) is 3.29. The third-order valence-corrected chi connectivity index (χ3v) is 3.29. The van der Waals surface area contributed by atoms with E-state index >= 15 is 0 Å². The normalized spacial score (nSPS) is 10.3. The van der Waals surface area contributed by atoms with Crippen LogP contribution in [-0.4, -0.2) is 21.6 Å². The summed E-state index contributed by atoms with van der Waals surface area (Å²) in [4.78, 5) is 23.1. The summed E-state index contributed by atoms with van der Waals surface area (Å²) < 4.78 is 1.99. The monoisotopic (exact) mass is 323 g/mol. The zero-order valence-electron chi connectivity index (χ0n) is 12.4. The van der Waals surface area contributed by atoms with Crippen LogP contribution in [0.25, 0.3) is 5.69 Å². The Morgan fingerprint density at radius 3 is 2.50 bits per heavy atom. The predicted octanol–water partition coefficient (Wildman–Crippen LogP) is 0.857. The molecule has 8 heteroatoms. The Morgan fingerprint density at radius 1 is 1.12 bits per heavy atom. The first-order valence-corrected chi connectivity index (χ1v) is 7.00. The van der Waals surface area contributed by atoms with Gasteiger partial charge < -0.3 is 16.3 Å². The van der Waals surface area contributed by atoms with Crippen LogP contribution in [0.5, 0.6) is 0 Å². The van der Waals surface area contributed by atoms with Crippen LogP contribution in [0.4, 0.5) is 5.69 Å². The summed E-state index contributed by atoms with van der Waals surface area (Å²) in [5.41, 5.74) is 6.54. The van der Waals surface area contributed by atoms with Crippen LogP contribution in [0.3, 0.4) is 0 Å². The van der Waals surface area contributed by atoms with Gasteiger partial charge in [-0.05, 0) is 36.4 Å². The van der Waals surface area contributed by atoms with E-state index in [1.807, 2.05) is 0 Å². The van der Waals surface area contributed by atoms with Crippen LogP contribution in [-0.2, 0) is 0 Å². The number of hydrogen-bond acceptors (Lipinski definition) is 4. The standard InChI is InChI=1S/C16H13N5O3/c17-15(22)13-8-10-20(19-13)12-6-4-11(5-7-12)18-16(23)14-3-1-2-9-21(14)24/h1-10H,(H2,17,22)(H,18,23). The maximum absolute atomic E-state index is 12.1. The van der Waals surface area contributed by atoms with E-state index in [9.17, 15) is 14.8 Å². The highest BCUT2D eigenvalue weighted by atomic mass is 16.5. The van der Waals surface area contributed by atoms with E-state index in [1.54, 1.807) is 42.6 Å². The zero-order valence-corrected chi connectivity index (χ0v) is 12.4. The molecule has 3 rings (SSSR count). The van der Waals surface area contributed by atoms with Gasteiger partial charge >= 0.3 is 5.91 Å². The second-order valence-electron chi connectivity index (χ2n) is 4.92. The summed E-state index contributed by atoms with van der Waals surface area (Å²) in [6.45, 7) is 0. The topological polar surface area (TPSA) is 117 Å². The van der Waals surface area contributed by atoms with E-state index in [0.717, 1.165) is 0 Å². The molecule has 0 radical (unpaired) electrons. The predicted molar refractivity (Wildman–Crippen MR) is 85.4 cm³/mol. The number of anilines is 1. The van der Waals surface area contributed by atoms with E-state index in [2.05, 4.69) is 10.4 Å². The molecule has 0 bridgehead atoms. The molecule has 8 nitrogen and oxygen atoms in total. The van der Waals surface area contributed by atoms with E-state index in [0.29, 0.717) is 16.1 Å². The number of benzene rings is 1. The molecule has 0 saturated carbocycles. The number of nitrogens with zero attached hydrogens (tertiary/aromatic N) is 3. The molecule has 1 aromatic carbocycles. The Bertz CT molecular complexity index is 902. The SMILES string of the molecule is NC(=O)c1ccn(-c2ccc(NC(=O)c3cccc[n+]3[O-])cc2)n1. The number of nitrogens with one attached hydrogen (secondary N) is 1. The minimum Gasteiger partial charge on any atom is -0.618 e. The largest absolute Gasteiger partial charge is 0.618 e. The second kappa shape index (κ2) is 6.21. The van der Waals surface area contributed by atoms with Gasteiger partial charge in [-0.1, -0.05) is 0 Å². The molecular weight excluding hydrogens is 310 g/mol. The average Bonchev–Trinajstić information content (AvgIpc) is 3.06. The number of carbonyl (C=O) groups excluding carboxylic acids is 2. The van der Waals surface area contributed by atoms with Gasteiger partial charge in [-0.15, -0.1) is 0 Å². The van der Waals surface area contributed by atoms with Crippen molar-refractivity contribution in [3.8, 4) is 5.69 Å². The van der Waals surface area contributed by atoms with Crippen molar-refractivity contribution in [3.63, 3.8) is 0 Å². The lowest BCUT2D eigenvalue weighted by molar-refractivity contribution is -0.607. The maximum atomic E-state index is 12.1. The molecule has 2 amide bonds. The quantitative estimate of drug-likeness (QED) is 0.547. The van der Waals surface area contributed by atoms with Crippen molar-refractivity contribution in [2.45, 2.75) is 0 Å². The van der Waals surface area contributed by atoms with Crippen molar-refractivity contribution in [3.05, 3.63) is 77.5 Å². The molecule has 0 aliphatic rings. The van der Waals surface area contributed by atoms with Gasteiger partial charge in [0.05, 0.1) is 5.69 Å². The number of nitrogens with two attached hydrogens (primary N) is 1. The first-order chi connectivity index (χ1) is 11.5. The van der Waals surface area contributed by atoms with Crippen molar-refractivity contribution >= 4 is 17.5 Å². The fourth-order valence-electron chi connectivity index (χ4n) is 2.10. The van der Waals surface area contributed by atoms with Crippen molar-refractivity contribution < 1.29 is 14.3 Å². The van der Waals surface area contributed by atoms with Crippen LogP contribution in [0, 0.1) is 5.21 Å². The average molecular weight is 323 g/mol. The minimum absolute atomic E-state index is 0.000229. The highest BCUT2D eigenvalue weighted by Crippen LogP contribution is 2.14. The van der Waals surface area contributed by atoms with Crippen LogP contribution in [0.1, 0.15) is 21.0 Å². The third kappa shape index (κ3) is 3.07. The zero-order chi connectivity index (χ0) is 17.1. The van der Waals surface area contributed by atoms with Gasteiger partial charge in [-0.3, -0.25) is 9.59 Å². The molecule has 24 heavy (non-hydrogen) atoms. The molecular formula is C16H13N5O3. The molecule has 0 fully saturated rings. The molecule has 0 spiro atoms. The first-order valence-electron chi connectivity index (χ1n) is 7.00. The first kappa shape index (κ1) is 15.2. The minimum atomic E-state index is -0.605. The molecule has 0 aliphatic carbocycles. The number of hydrogen-bond donors (Lipinski definition) is 2. The van der Waals surface area contributed by atoms with Crippen LogP contribution in [0.2, 0.25) is 0 Å². The van der Waals surface area contributed by atoms with Gasteiger partial charge in [0.1, 0.15) is 5.69 Å². The molecule has 0 aliphatic heterocycles. The van der Waals surface area contributed by atoms with Crippen LogP contribution < -0.4 is 15.8 Å². The molecule has 0 atom stereocenters. The van der Waals surface area contributed by atoms with Crippen molar-refractivity contribution in [2.24, 2.45) is 5.73 Å². The van der Waals surface area contributed by atoms with E-state index in [1.165, 1.54) is 23.0 Å². The van der Waals surface area contributed by atoms with E-state index in [-0.39, 0.29) is 11.4 Å². The van der Waals surface area contributed by atoms with Gasteiger partial charge in [0.25, 0.3) is 11.6 Å². The highest BCUT2D eigenvalue weighted by molar-refractivity contribution is 6.01. The lowest BCUT2D eigenvalue weighted by atomic mass is 10.2. The molecule has 3 N–H and O–H groups in total. The lowest BCUT2D eigenvalue weighted by Crippen LogP contribution is -2.36. The number of carbonyl (C=O) groups is 2. The summed E-state index contributed by atoms with van der Waals surface area (Å²) in [6.07, 6.45) is 2.87. The van der Waals surface area contributed by atoms with E-state index < -0.39 is 11.8 Å². The van der Waals surface area contributed by atoms with Gasteiger partial charge in [-0.2, -0.15) is 9.83 Å². The lowest BCUT2D eigenvalue weighted by Gasteiger charge is -2.07. The summed E-state index contributed by atoms with van der Waals surface area (Å²) in [5, 5.41) is 18.2. The molecule has 2 aromatic heterocycles. The number of primary amides is 1. The number of rotatable bonds is 4. The molecule has 2 heterocycles. The molecule has 0 saturated heterocycles. The van der Waals surface area contributed by atoms with Gasteiger partial charge in [0.2, 0.25) is 0 Å². The Balaban J connectivity index is 1.76. The Labute approximate surface area is 136 Å². The molecule has 3 aromatic rings. The van der Waals surface area contributed by atoms with Crippen LogP contribution >= 0.6 is 0 Å². The van der Waals surface area contributed by atoms with Crippen LogP contribution in [0.15, 0.2) is 60.9 Å². The number of aromatic nitrogens is 3. The Morgan fingerprint density at radius 2 is 1.88 bits per heavy atom. The van der Waals surface area contributed by atoms with E-state index in [4.69, 9.17) is 5.73 Å². The summed E-state index contributed by atoms with van der Waals surface area (Å²) in [5.74, 6) is -1.11. The van der Waals surface area contributed by atoms with Gasteiger partial charge in [0.15, 0.2) is 6.20 Å². The van der Waals surface area contributed by atoms with Gasteiger partial charge in [-0.25, -0.2) is 4.68 Å². The van der Waals surface area contributed by atoms with Crippen molar-refractivity contribution in [1.82, 2.24) is 9.78 Å². The fraction of sp³-hybridized carbons (Fsp3) is 0.